The van der Waals surface area contributed by atoms with E-state index in [1.165, 1.54) is 17.6 Å². The monoisotopic (exact) mass is 256 g/mol. The van der Waals surface area contributed by atoms with E-state index in [-0.39, 0.29) is 5.91 Å². The molecule has 0 fully saturated rings. The Hall–Kier alpha value is -1.33. The molecule has 16 heavy (non-hydrogen) atoms. The smallest absolute Gasteiger partial charge is 0.293 e. The van der Waals surface area contributed by atoms with Gasteiger partial charge >= 0.3 is 0 Å². The summed E-state index contributed by atoms with van der Waals surface area (Å²) in [5, 5.41) is 4.98. The summed E-state index contributed by atoms with van der Waals surface area (Å²) < 4.78 is 5.07. The first-order valence-corrected chi connectivity index (χ1v) is 5.98. The molecule has 0 aliphatic heterocycles. The van der Waals surface area contributed by atoms with E-state index in [9.17, 15) is 4.79 Å². The van der Waals surface area contributed by atoms with E-state index < -0.39 is 0 Å². The molecule has 4 nitrogen and oxygen atoms in total. The van der Waals surface area contributed by atoms with Gasteiger partial charge in [0, 0.05) is 10.9 Å². The Labute approximate surface area is 101 Å². The van der Waals surface area contributed by atoms with Crippen molar-refractivity contribution in [2.45, 2.75) is 12.8 Å². The number of hydrogen-bond acceptors (Lipinski definition) is 4. The Morgan fingerprint density at radius 3 is 3.06 bits per heavy atom. The van der Waals surface area contributed by atoms with Crippen molar-refractivity contribution in [3.05, 3.63) is 34.7 Å². The summed E-state index contributed by atoms with van der Waals surface area (Å²) >= 11 is 6.95. The van der Waals surface area contributed by atoms with Crippen molar-refractivity contribution in [3.8, 4) is 0 Å². The molecular formula is C10H9ClN2O2S. The number of amides is 1. The summed E-state index contributed by atoms with van der Waals surface area (Å²) in [6.07, 6.45) is 1.48. The number of aromatic nitrogens is 1. The van der Waals surface area contributed by atoms with Crippen LogP contribution in [-0.4, -0.2) is 10.9 Å². The molecule has 0 aliphatic carbocycles. The van der Waals surface area contributed by atoms with Gasteiger partial charge in [-0.2, -0.15) is 0 Å². The fourth-order valence-corrected chi connectivity index (χ4v) is 2.12. The van der Waals surface area contributed by atoms with Crippen molar-refractivity contribution in [2.75, 3.05) is 5.32 Å². The van der Waals surface area contributed by atoms with Crippen molar-refractivity contribution < 1.29 is 9.21 Å². The Morgan fingerprint density at radius 2 is 2.50 bits per heavy atom. The third-order valence-electron chi connectivity index (χ3n) is 1.98. The number of anilines is 1. The minimum absolute atomic E-state index is 0.294. The van der Waals surface area contributed by atoms with Crippen LogP contribution < -0.4 is 5.32 Å². The highest BCUT2D eigenvalue weighted by Crippen LogP contribution is 2.18. The zero-order valence-electron chi connectivity index (χ0n) is 8.49. The van der Waals surface area contributed by atoms with Crippen LogP contribution in [0.1, 0.15) is 21.8 Å². The van der Waals surface area contributed by atoms with Crippen molar-refractivity contribution in [3.63, 3.8) is 0 Å². The number of hydrogen-bond donors (Lipinski definition) is 1. The van der Waals surface area contributed by atoms with Crippen LogP contribution in [0.25, 0.3) is 0 Å². The fourth-order valence-electron chi connectivity index (χ4n) is 1.19. The summed E-state index contributed by atoms with van der Waals surface area (Å²) in [5.74, 6) is 0.354. The van der Waals surface area contributed by atoms with Gasteiger partial charge in [0.15, 0.2) is 10.9 Å². The average Bonchev–Trinajstić information content (AvgIpc) is 2.86. The molecular weight excluding hydrogens is 248 g/mol. The van der Waals surface area contributed by atoms with Gasteiger partial charge in [-0.3, -0.25) is 10.1 Å². The van der Waals surface area contributed by atoms with Crippen LogP contribution in [0.15, 0.2) is 22.1 Å². The number of thiazole rings is 1. The lowest BCUT2D eigenvalue weighted by atomic mass is 10.3. The molecule has 0 bridgehead atoms. The number of carbonyl (C=O) groups is 1. The van der Waals surface area contributed by atoms with E-state index in [4.69, 9.17) is 16.0 Å². The van der Waals surface area contributed by atoms with Crippen LogP contribution >= 0.6 is 22.9 Å². The quantitative estimate of drug-likeness (QED) is 0.859. The maximum absolute atomic E-state index is 11.7. The van der Waals surface area contributed by atoms with Crippen LogP contribution in [-0.2, 0) is 5.88 Å². The van der Waals surface area contributed by atoms with Crippen molar-refractivity contribution in [2.24, 2.45) is 0 Å². The molecule has 0 aliphatic rings. The van der Waals surface area contributed by atoms with E-state index in [0.29, 0.717) is 16.8 Å². The molecule has 0 saturated heterocycles. The first-order valence-electron chi connectivity index (χ1n) is 4.56. The minimum Gasteiger partial charge on any atom is -0.459 e. The maximum atomic E-state index is 11.7. The number of aryl methyl sites for hydroxylation is 1. The number of rotatable bonds is 3. The van der Waals surface area contributed by atoms with Gasteiger partial charge in [-0.25, -0.2) is 4.98 Å². The Kier molecular flexibility index (Phi) is 3.26. The normalized spacial score (nSPS) is 10.4. The molecule has 6 heteroatoms. The van der Waals surface area contributed by atoms with Gasteiger partial charge in [-0.15, -0.1) is 22.9 Å². The summed E-state index contributed by atoms with van der Waals surface area (Å²) in [4.78, 5) is 15.8. The zero-order valence-corrected chi connectivity index (χ0v) is 10.1. The minimum atomic E-state index is -0.294. The zero-order chi connectivity index (χ0) is 11.5. The molecule has 0 radical (unpaired) electrons. The Morgan fingerprint density at radius 1 is 1.69 bits per heavy atom. The molecule has 2 aromatic rings. The molecule has 1 amide bonds. The maximum Gasteiger partial charge on any atom is 0.293 e. The fraction of sp³-hybridized carbons (Fsp3) is 0.200. The predicted molar refractivity (Wildman–Crippen MR) is 63.1 cm³/mol. The third-order valence-corrected chi connectivity index (χ3v) is 3.06. The van der Waals surface area contributed by atoms with Crippen LogP contribution in [0.3, 0.4) is 0 Å². The van der Waals surface area contributed by atoms with E-state index >= 15 is 0 Å². The summed E-state index contributed by atoms with van der Waals surface area (Å²) in [6.45, 7) is 1.81. The molecule has 84 valence electrons. The summed E-state index contributed by atoms with van der Waals surface area (Å²) in [7, 11) is 0. The molecule has 2 rings (SSSR count). The van der Waals surface area contributed by atoms with Crippen LogP contribution in [0.2, 0.25) is 0 Å². The summed E-state index contributed by atoms with van der Waals surface area (Å²) in [6, 6.07) is 1.74. The van der Waals surface area contributed by atoms with Crippen LogP contribution in [0.4, 0.5) is 5.13 Å². The molecule has 0 aromatic carbocycles. The second kappa shape index (κ2) is 4.67. The number of alkyl halides is 1. The molecule has 0 atom stereocenters. The topological polar surface area (TPSA) is 55.1 Å². The standard InChI is InChI=1S/C10H9ClN2O2S/c1-6-2-3-15-8(6)9(14)13-10-12-7(4-11)5-16-10/h2-3,5H,4H2,1H3,(H,12,13,14). The average molecular weight is 257 g/mol. The van der Waals surface area contributed by atoms with Gasteiger partial charge < -0.3 is 4.42 Å². The van der Waals surface area contributed by atoms with E-state index in [1.807, 2.05) is 6.92 Å². The molecule has 0 unspecified atom stereocenters. The van der Waals surface area contributed by atoms with Crippen molar-refractivity contribution in [1.29, 1.82) is 0 Å². The van der Waals surface area contributed by atoms with E-state index in [0.717, 1.165) is 11.3 Å². The van der Waals surface area contributed by atoms with E-state index in [1.54, 1.807) is 11.4 Å². The van der Waals surface area contributed by atoms with Gasteiger partial charge in [-0.1, -0.05) is 0 Å². The number of furan rings is 1. The van der Waals surface area contributed by atoms with Gasteiger partial charge in [0.05, 0.1) is 17.8 Å². The lowest BCUT2D eigenvalue weighted by Gasteiger charge is -1.98. The molecule has 1 N–H and O–H groups in total. The van der Waals surface area contributed by atoms with Crippen molar-refractivity contribution >= 4 is 34.0 Å². The molecule has 0 saturated carbocycles. The highest BCUT2D eigenvalue weighted by molar-refractivity contribution is 7.14. The largest absolute Gasteiger partial charge is 0.459 e. The number of carbonyl (C=O) groups excluding carboxylic acids is 1. The Balaban J connectivity index is 2.11. The molecule has 0 spiro atoms. The molecule has 2 heterocycles. The highest BCUT2D eigenvalue weighted by Gasteiger charge is 2.14. The first-order chi connectivity index (χ1) is 7.70. The second-order valence-electron chi connectivity index (χ2n) is 3.16. The number of nitrogens with one attached hydrogen (secondary N) is 1. The van der Waals surface area contributed by atoms with Gasteiger partial charge in [0.1, 0.15) is 0 Å². The van der Waals surface area contributed by atoms with Crippen molar-refractivity contribution in [1.82, 2.24) is 4.98 Å². The molecule has 2 aromatic heterocycles. The van der Waals surface area contributed by atoms with E-state index in [2.05, 4.69) is 10.3 Å². The number of halogens is 1. The second-order valence-corrected chi connectivity index (χ2v) is 4.29. The lowest BCUT2D eigenvalue weighted by molar-refractivity contribution is 0.0996. The lowest BCUT2D eigenvalue weighted by Crippen LogP contribution is -2.11. The van der Waals surface area contributed by atoms with Gasteiger partial charge in [0.25, 0.3) is 5.91 Å². The van der Waals surface area contributed by atoms with Gasteiger partial charge in [-0.05, 0) is 13.0 Å². The first kappa shape index (κ1) is 11.2. The summed E-state index contributed by atoms with van der Waals surface area (Å²) in [5.41, 5.74) is 1.55. The Bertz CT molecular complexity index is 506. The van der Waals surface area contributed by atoms with Crippen LogP contribution in [0.5, 0.6) is 0 Å². The third kappa shape index (κ3) is 2.25. The van der Waals surface area contributed by atoms with Gasteiger partial charge in [0.2, 0.25) is 0 Å². The predicted octanol–water partition coefficient (Wildman–Crippen LogP) is 3.04. The highest BCUT2D eigenvalue weighted by atomic mass is 35.5. The van der Waals surface area contributed by atoms with Crippen LogP contribution in [0, 0.1) is 6.92 Å². The SMILES string of the molecule is Cc1ccoc1C(=O)Nc1nc(CCl)cs1. The number of nitrogens with zero attached hydrogens (tertiary/aromatic N) is 1.